The number of carbonyl (C=O) groups is 1. The van der Waals surface area contributed by atoms with Crippen LogP contribution in [0.25, 0.3) is 11.2 Å². The fourth-order valence-corrected chi connectivity index (χ4v) is 2.57. The van der Waals surface area contributed by atoms with Crippen molar-refractivity contribution in [2.24, 2.45) is 0 Å². The van der Waals surface area contributed by atoms with Gasteiger partial charge in [0, 0.05) is 24.9 Å². The van der Waals surface area contributed by atoms with E-state index in [1.165, 1.54) is 14.2 Å². The lowest BCUT2D eigenvalue weighted by atomic mass is 10.2. The van der Waals surface area contributed by atoms with Crippen molar-refractivity contribution >= 4 is 47.3 Å². The van der Waals surface area contributed by atoms with E-state index >= 15 is 0 Å². The van der Waals surface area contributed by atoms with E-state index in [9.17, 15) is 4.79 Å². The molecule has 0 aliphatic carbocycles. The second-order valence-corrected chi connectivity index (χ2v) is 6.39. The van der Waals surface area contributed by atoms with Crippen LogP contribution in [0.3, 0.4) is 0 Å². The topological polar surface area (TPSA) is 111 Å². The van der Waals surface area contributed by atoms with Gasteiger partial charge in [-0.15, -0.1) is 0 Å². The molecule has 0 unspecified atom stereocenters. The van der Waals surface area contributed by atoms with Crippen molar-refractivity contribution in [2.45, 2.75) is 0 Å². The molecule has 0 saturated heterocycles. The Morgan fingerprint density at radius 3 is 2.28 bits per heavy atom. The Kier molecular flexibility index (Phi) is 6.07. The summed E-state index contributed by atoms with van der Waals surface area (Å²) in [7, 11) is 6.13. The maximum atomic E-state index is 11.7. The Hall–Kier alpha value is -3.47. The minimum atomic E-state index is -0.417. The lowest BCUT2D eigenvalue weighted by Gasteiger charge is -2.15. The normalized spacial score (nSPS) is 10.4. The van der Waals surface area contributed by atoms with Crippen LogP contribution in [0.1, 0.15) is 0 Å². The smallest absolute Gasteiger partial charge is 0.332 e. The van der Waals surface area contributed by atoms with Gasteiger partial charge in [-0.2, -0.15) is 0 Å². The molecule has 152 valence electrons. The molecule has 2 heterocycles. The van der Waals surface area contributed by atoms with Gasteiger partial charge in [-0.05, 0) is 12.1 Å². The molecule has 10 nitrogen and oxygen atoms in total. The number of fused-ring (bicyclic) bond motifs is 1. The Morgan fingerprint density at radius 1 is 1.03 bits per heavy atom. The number of rotatable bonds is 6. The van der Waals surface area contributed by atoms with Gasteiger partial charge in [0.2, 0.25) is 5.75 Å². The first-order valence-corrected chi connectivity index (χ1v) is 8.79. The second kappa shape index (κ2) is 8.69. The number of hydrogen-bond donors (Lipinski definition) is 3. The number of benzene rings is 1. The number of nitrogens with one attached hydrogen (secondary N) is 2. The number of nitrogens with zero attached hydrogens (tertiary/aromatic N) is 4. The number of thiol groups is 1. The zero-order chi connectivity index (χ0) is 21.0. The number of carbonyl (C=O) groups excluding carboxylic acids is 1. The van der Waals surface area contributed by atoms with Crippen molar-refractivity contribution in [1.29, 1.82) is 0 Å². The first-order valence-electron chi connectivity index (χ1n) is 8.39. The Bertz CT molecular complexity index is 1020. The molecular weight excluding hydrogens is 396 g/mol. The molecule has 0 radical (unpaired) electrons. The Morgan fingerprint density at radius 2 is 1.69 bits per heavy atom. The van der Waals surface area contributed by atoms with E-state index in [2.05, 4.69) is 38.4 Å². The number of pyridine rings is 1. The third kappa shape index (κ3) is 4.51. The summed E-state index contributed by atoms with van der Waals surface area (Å²) in [6.45, 7) is 0. The zero-order valence-electron chi connectivity index (χ0n) is 16.3. The molecule has 0 spiro atoms. The van der Waals surface area contributed by atoms with Gasteiger partial charge in [-0.3, -0.25) is 9.62 Å². The SMILES string of the molecule is COc1cc(Nc2cnc3ccc(NC(=O)N(C)S)nc3n2)cc(OC)c1OC. The highest BCUT2D eigenvalue weighted by molar-refractivity contribution is 7.78. The molecule has 0 saturated carbocycles. The number of methoxy groups -OCH3 is 3. The average molecular weight is 416 g/mol. The minimum absolute atomic E-state index is 0.336. The van der Waals surface area contributed by atoms with Crippen molar-refractivity contribution in [2.75, 3.05) is 39.0 Å². The summed E-state index contributed by atoms with van der Waals surface area (Å²) < 4.78 is 17.1. The van der Waals surface area contributed by atoms with Crippen molar-refractivity contribution in [1.82, 2.24) is 19.3 Å². The molecule has 0 atom stereocenters. The lowest BCUT2D eigenvalue weighted by molar-refractivity contribution is 0.243. The number of hydrogen-bond acceptors (Lipinski definition) is 9. The van der Waals surface area contributed by atoms with Gasteiger partial charge in [0.1, 0.15) is 11.3 Å². The Labute approximate surface area is 172 Å². The lowest BCUT2D eigenvalue weighted by Crippen LogP contribution is -2.23. The number of ether oxygens (including phenoxy) is 3. The molecule has 2 aromatic heterocycles. The molecule has 2 N–H and O–H groups in total. The van der Waals surface area contributed by atoms with Gasteiger partial charge < -0.3 is 19.5 Å². The molecule has 0 aliphatic heterocycles. The largest absolute Gasteiger partial charge is 0.493 e. The van der Waals surface area contributed by atoms with E-state index in [4.69, 9.17) is 14.2 Å². The van der Waals surface area contributed by atoms with Crippen LogP contribution in [0.2, 0.25) is 0 Å². The van der Waals surface area contributed by atoms with Gasteiger partial charge in [-0.1, -0.05) is 12.8 Å². The van der Waals surface area contributed by atoms with E-state index in [1.54, 1.807) is 44.7 Å². The Balaban J connectivity index is 1.91. The van der Waals surface area contributed by atoms with Crippen molar-refractivity contribution in [3.8, 4) is 17.2 Å². The average Bonchev–Trinajstić information content (AvgIpc) is 2.72. The molecule has 11 heteroatoms. The predicted molar refractivity (Wildman–Crippen MR) is 112 cm³/mol. The third-order valence-electron chi connectivity index (χ3n) is 3.87. The van der Waals surface area contributed by atoms with Gasteiger partial charge in [0.25, 0.3) is 0 Å². The van der Waals surface area contributed by atoms with E-state index in [-0.39, 0.29) is 0 Å². The molecule has 29 heavy (non-hydrogen) atoms. The molecular formula is C18H20N6O4S. The van der Waals surface area contributed by atoms with E-state index < -0.39 is 6.03 Å². The summed E-state index contributed by atoms with van der Waals surface area (Å²) in [4.78, 5) is 24.9. The molecule has 0 bridgehead atoms. The minimum Gasteiger partial charge on any atom is -0.493 e. The van der Waals surface area contributed by atoms with Gasteiger partial charge >= 0.3 is 6.03 Å². The van der Waals surface area contributed by atoms with Crippen LogP contribution in [0, 0.1) is 0 Å². The molecule has 0 aliphatic rings. The first-order chi connectivity index (χ1) is 13.9. The van der Waals surface area contributed by atoms with Gasteiger partial charge in [0.05, 0.1) is 27.5 Å². The highest BCUT2D eigenvalue weighted by atomic mass is 32.1. The standard InChI is InChI=1S/C18H20N6O4S/c1-24(29)18(25)23-14-6-5-11-17(21-14)22-15(9-19-11)20-10-7-12(26-2)16(28-4)13(8-10)27-3/h5-9,29H,1-4H3,(H2,20,21,22,23,25). The number of aromatic nitrogens is 3. The summed E-state index contributed by atoms with van der Waals surface area (Å²) in [6, 6.07) is 6.44. The summed E-state index contributed by atoms with van der Waals surface area (Å²) in [6.07, 6.45) is 1.58. The molecule has 2 amide bonds. The summed E-state index contributed by atoms with van der Waals surface area (Å²) in [5.74, 6) is 2.28. The van der Waals surface area contributed by atoms with E-state index in [0.717, 1.165) is 4.31 Å². The molecule has 0 fully saturated rings. The first kappa shape index (κ1) is 20.3. The van der Waals surface area contributed by atoms with E-state index in [1.807, 2.05) is 0 Å². The number of anilines is 3. The van der Waals surface area contributed by atoms with Crippen molar-refractivity contribution in [3.63, 3.8) is 0 Å². The van der Waals surface area contributed by atoms with Crippen LogP contribution in [0.4, 0.5) is 22.1 Å². The highest BCUT2D eigenvalue weighted by Gasteiger charge is 2.14. The fraction of sp³-hybridized carbons (Fsp3) is 0.222. The quantitative estimate of drug-likeness (QED) is 0.526. The van der Waals surface area contributed by atoms with Gasteiger partial charge in [-0.25, -0.2) is 19.7 Å². The summed E-state index contributed by atoms with van der Waals surface area (Å²) in [5.41, 5.74) is 1.61. The predicted octanol–water partition coefficient (Wildman–Crippen LogP) is 3.10. The van der Waals surface area contributed by atoms with Crippen LogP contribution < -0.4 is 24.8 Å². The molecule has 3 rings (SSSR count). The van der Waals surface area contributed by atoms with Crippen molar-refractivity contribution in [3.05, 3.63) is 30.5 Å². The maximum absolute atomic E-state index is 11.7. The van der Waals surface area contributed by atoms with Crippen LogP contribution >= 0.6 is 12.8 Å². The van der Waals surface area contributed by atoms with Crippen LogP contribution in [0.15, 0.2) is 30.5 Å². The maximum Gasteiger partial charge on any atom is 0.332 e. The molecule has 1 aromatic carbocycles. The zero-order valence-corrected chi connectivity index (χ0v) is 17.2. The van der Waals surface area contributed by atoms with Crippen LogP contribution in [0.5, 0.6) is 17.2 Å². The van der Waals surface area contributed by atoms with Crippen LogP contribution in [-0.2, 0) is 0 Å². The second-order valence-electron chi connectivity index (χ2n) is 5.79. The monoisotopic (exact) mass is 416 g/mol. The van der Waals surface area contributed by atoms with E-state index in [0.29, 0.717) is 45.7 Å². The third-order valence-corrected chi connectivity index (χ3v) is 4.05. The number of amides is 2. The summed E-state index contributed by atoms with van der Waals surface area (Å²) in [5, 5.41) is 5.75. The highest BCUT2D eigenvalue weighted by Crippen LogP contribution is 2.40. The summed E-state index contributed by atoms with van der Waals surface area (Å²) >= 11 is 3.94. The van der Waals surface area contributed by atoms with Crippen LogP contribution in [-0.4, -0.2) is 53.7 Å². The van der Waals surface area contributed by atoms with Gasteiger partial charge in [0.15, 0.2) is 23.0 Å². The number of urea groups is 1. The molecule has 3 aromatic rings. The fourth-order valence-electron chi connectivity index (χ4n) is 2.52. The van der Waals surface area contributed by atoms with Crippen molar-refractivity contribution < 1.29 is 19.0 Å².